The van der Waals surface area contributed by atoms with Crippen LogP contribution in [-0.2, 0) is 11.3 Å². The Morgan fingerprint density at radius 1 is 1.14 bits per heavy atom. The van der Waals surface area contributed by atoms with Crippen LogP contribution in [0, 0.1) is 17.8 Å². The van der Waals surface area contributed by atoms with Gasteiger partial charge in [0.05, 0.1) is 17.0 Å². The van der Waals surface area contributed by atoms with E-state index in [0.717, 1.165) is 56.4 Å². The van der Waals surface area contributed by atoms with Crippen molar-refractivity contribution in [1.82, 2.24) is 14.9 Å². The zero-order valence-corrected chi connectivity index (χ0v) is 18.1. The Balaban J connectivity index is 1.55. The van der Waals surface area contributed by atoms with Crippen LogP contribution in [0.3, 0.4) is 0 Å². The second kappa shape index (κ2) is 9.19. The summed E-state index contributed by atoms with van der Waals surface area (Å²) in [5, 5.41) is 3.14. The van der Waals surface area contributed by atoms with Crippen LogP contribution in [0.5, 0.6) is 0 Å². The third-order valence-electron chi connectivity index (χ3n) is 6.56. The van der Waals surface area contributed by atoms with Crippen LogP contribution in [0.1, 0.15) is 58.8 Å². The zero-order chi connectivity index (χ0) is 20.2. The number of piperidine rings is 1. The number of benzene rings is 1. The molecule has 2 aromatic rings. The molecule has 29 heavy (non-hydrogen) atoms. The van der Waals surface area contributed by atoms with Crippen LogP contribution in [0.15, 0.2) is 24.3 Å². The largest absolute Gasteiger partial charge is 0.356 e. The van der Waals surface area contributed by atoms with Gasteiger partial charge < -0.3 is 14.8 Å². The van der Waals surface area contributed by atoms with Crippen LogP contribution in [0.2, 0.25) is 0 Å². The summed E-state index contributed by atoms with van der Waals surface area (Å²) < 4.78 is 2.44. The molecule has 1 aliphatic heterocycles. The Hall–Kier alpha value is -2.04. The van der Waals surface area contributed by atoms with Gasteiger partial charge in [0.15, 0.2) is 0 Å². The third-order valence-corrected chi connectivity index (χ3v) is 6.56. The summed E-state index contributed by atoms with van der Waals surface area (Å²) in [6.07, 6.45) is 8.77. The molecule has 1 aromatic carbocycles. The van der Waals surface area contributed by atoms with Crippen molar-refractivity contribution < 1.29 is 4.79 Å². The molecule has 2 heterocycles. The minimum atomic E-state index is 0.0606. The van der Waals surface area contributed by atoms with Crippen LogP contribution < -0.4 is 10.2 Å². The number of hydrogen-bond donors (Lipinski definition) is 1. The normalized spacial score (nSPS) is 21.1. The molecule has 1 saturated heterocycles. The number of amides is 1. The van der Waals surface area contributed by atoms with E-state index in [1.807, 2.05) is 0 Å². The van der Waals surface area contributed by atoms with Crippen molar-refractivity contribution >= 4 is 22.9 Å². The van der Waals surface area contributed by atoms with Crippen LogP contribution in [-0.4, -0.2) is 35.1 Å². The second-order valence-corrected chi connectivity index (χ2v) is 9.44. The molecule has 2 aliphatic rings. The van der Waals surface area contributed by atoms with E-state index >= 15 is 0 Å². The van der Waals surface area contributed by atoms with E-state index in [1.165, 1.54) is 37.6 Å². The van der Waals surface area contributed by atoms with Gasteiger partial charge in [-0.05, 0) is 49.7 Å². The monoisotopic (exact) mass is 396 g/mol. The number of carbonyl (C=O) groups excluding carboxylic acids is 1. The molecule has 0 spiro atoms. The summed E-state index contributed by atoms with van der Waals surface area (Å²) in [4.78, 5) is 20.1. The van der Waals surface area contributed by atoms with Gasteiger partial charge in [-0.2, -0.15) is 0 Å². The SMILES string of the molecule is CC(C)CNC(=O)C1CCCN(c2nc3ccccc3n2CC2CCCCC2)C1. The molecular formula is C24H36N4O. The van der Waals surface area contributed by atoms with E-state index in [2.05, 4.69) is 52.9 Å². The lowest BCUT2D eigenvalue weighted by Gasteiger charge is -2.34. The molecule has 0 bridgehead atoms. The van der Waals surface area contributed by atoms with Gasteiger partial charge in [-0.3, -0.25) is 4.79 Å². The fraction of sp³-hybridized carbons (Fsp3) is 0.667. The number of nitrogens with one attached hydrogen (secondary N) is 1. The predicted molar refractivity (Wildman–Crippen MR) is 119 cm³/mol. The first kappa shape index (κ1) is 20.2. The molecule has 1 unspecified atom stereocenters. The summed E-state index contributed by atoms with van der Waals surface area (Å²) >= 11 is 0. The molecule has 2 fully saturated rings. The van der Waals surface area contributed by atoms with E-state index < -0.39 is 0 Å². The lowest BCUT2D eigenvalue weighted by molar-refractivity contribution is -0.125. The van der Waals surface area contributed by atoms with E-state index in [9.17, 15) is 4.79 Å². The Kier molecular flexibility index (Phi) is 6.41. The number of rotatable bonds is 6. The minimum Gasteiger partial charge on any atom is -0.356 e. The number of nitrogens with zero attached hydrogens (tertiary/aromatic N) is 3. The Labute approximate surface area is 174 Å². The molecule has 1 aliphatic carbocycles. The highest BCUT2D eigenvalue weighted by Gasteiger charge is 2.29. The van der Waals surface area contributed by atoms with Gasteiger partial charge in [-0.25, -0.2) is 4.98 Å². The van der Waals surface area contributed by atoms with Gasteiger partial charge >= 0.3 is 0 Å². The number of aromatic nitrogens is 2. The highest BCUT2D eigenvalue weighted by atomic mass is 16.1. The maximum Gasteiger partial charge on any atom is 0.224 e. The molecule has 1 amide bonds. The Bertz CT molecular complexity index is 821. The van der Waals surface area contributed by atoms with Gasteiger partial charge in [-0.1, -0.05) is 45.2 Å². The number of hydrogen-bond acceptors (Lipinski definition) is 3. The zero-order valence-electron chi connectivity index (χ0n) is 18.1. The van der Waals surface area contributed by atoms with Gasteiger partial charge in [0.1, 0.15) is 0 Å². The molecule has 5 heteroatoms. The van der Waals surface area contributed by atoms with E-state index in [1.54, 1.807) is 0 Å². The first-order valence-electron chi connectivity index (χ1n) is 11.6. The molecule has 1 atom stereocenters. The van der Waals surface area contributed by atoms with Crippen LogP contribution in [0.25, 0.3) is 11.0 Å². The Morgan fingerprint density at radius 3 is 2.72 bits per heavy atom. The van der Waals surface area contributed by atoms with E-state index in [-0.39, 0.29) is 11.8 Å². The molecule has 0 radical (unpaired) electrons. The van der Waals surface area contributed by atoms with Crippen molar-refractivity contribution in [2.45, 2.75) is 65.3 Å². The van der Waals surface area contributed by atoms with Crippen molar-refractivity contribution in [3.05, 3.63) is 24.3 Å². The molecule has 1 aromatic heterocycles. The average Bonchev–Trinajstić information content (AvgIpc) is 3.11. The maximum absolute atomic E-state index is 12.7. The van der Waals surface area contributed by atoms with Gasteiger partial charge in [0, 0.05) is 26.2 Å². The summed E-state index contributed by atoms with van der Waals surface area (Å²) in [7, 11) is 0. The van der Waals surface area contributed by atoms with Crippen LogP contribution >= 0.6 is 0 Å². The van der Waals surface area contributed by atoms with Crippen molar-refractivity contribution in [2.24, 2.45) is 17.8 Å². The van der Waals surface area contributed by atoms with Gasteiger partial charge in [0.25, 0.3) is 0 Å². The summed E-state index contributed by atoms with van der Waals surface area (Å²) in [6, 6.07) is 8.50. The van der Waals surface area contributed by atoms with Gasteiger partial charge in [0.2, 0.25) is 11.9 Å². The molecular weight excluding hydrogens is 360 g/mol. The van der Waals surface area contributed by atoms with Gasteiger partial charge in [-0.15, -0.1) is 0 Å². The molecule has 1 saturated carbocycles. The summed E-state index contributed by atoms with van der Waals surface area (Å²) in [6.45, 7) is 7.86. The van der Waals surface area contributed by atoms with Crippen molar-refractivity contribution in [1.29, 1.82) is 0 Å². The highest BCUT2D eigenvalue weighted by molar-refractivity contribution is 5.81. The fourth-order valence-corrected chi connectivity index (χ4v) is 4.93. The lowest BCUT2D eigenvalue weighted by Crippen LogP contribution is -2.44. The van der Waals surface area contributed by atoms with E-state index in [4.69, 9.17) is 4.98 Å². The summed E-state index contributed by atoms with van der Waals surface area (Å²) in [5.41, 5.74) is 2.31. The van der Waals surface area contributed by atoms with Crippen molar-refractivity contribution in [2.75, 3.05) is 24.5 Å². The molecule has 4 rings (SSSR count). The minimum absolute atomic E-state index is 0.0606. The third kappa shape index (κ3) is 4.76. The number of anilines is 1. The average molecular weight is 397 g/mol. The quantitative estimate of drug-likeness (QED) is 0.776. The molecule has 158 valence electrons. The molecule has 1 N–H and O–H groups in total. The van der Waals surface area contributed by atoms with Crippen LogP contribution in [0.4, 0.5) is 5.95 Å². The first-order valence-corrected chi connectivity index (χ1v) is 11.6. The number of carbonyl (C=O) groups is 1. The number of para-hydroxylation sites is 2. The molecule has 5 nitrogen and oxygen atoms in total. The number of imidazole rings is 1. The van der Waals surface area contributed by atoms with E-state index in [0.29, 0.717) is 5.92 Å². The van der Waals surface area contributed by atoms with Crippen molar-refractivity contribution in [3.63, 3.8) is 0 Å². The Morgan fingerprint density at radius 2 is 1.93 bits per heavy atom. The predicted octanol–water partition coefficient (Wildman–Crippen LogP) is 4.61. The lowest BCUT2D eigenvalue weighted by atomic mass is 9.89. The first-order chi connectivity index (χ1) is 14.1. The standard InChI is InChI=1S/C24H36N4O/c1-18(2)15-25-23(29)20-11-8-14-27(17-20)24-26-21-12-6-7-13-22(21)28(24)16-19-9-4-3-5-10-19/h6-7,12-13,18-20H,3-5,8-11,14-17H2,1-2H3,(H,25,29). The topological polar surface area (TPSA) is 50.2 Å². The highest BCUT2D eigenvalue weighted by Crippen LogP contribution is 2.31. The number of fused-ring (bicyclic) bond motifs is 1. The summed E-state index contributed by atoms with van der Waals surface area (Å²) in [5.74, 6) is 2.57. The fourth-order valence-electron chi connectivity index (χ4n) is 4.93. The smallest absolute Gasteiger partial charge is 0.224 e. The second-order valence-electron chi connectivity index (χ2n) is 9.44. The van der Waals surface area contributed by atoms with Crippen molar-refractivity contribution in [3.8, 4) is 0 Å². The maximum atomic E-state index is 12.7.